The van der Waals surface area contributed by atoms with Gasteiger partial charge in [0.2, 0.25) is 0 Å². The number of rotatable bonds is 2. The van der Waals surface area contributed by atoms with Gasteiger partial charge < -0.3 is 9.16 Å². The first-order valence-corrected chi connectivity index (χ1v) is 12.4. The van der Waals surface area contributed by atoms with E-state index in [0.29, 0.717) is 0 Å². The van der Waals surface area contributed by atoms with E-state index in [1.165, 1.54) is 0 Å². The molecular weight excluding hydrogens is 332 g/mol. The van der Waals surface area contributed by atoms with Crippen molar-refractivity contribution >= 4 is 19.9 Å². The molecule has 0 N–H and O–H groups in total. The molecule has 1 aliphatic heterocycles. The molecule has 1 saturated heterocycles. The third kappa shape index (κ3) is 2.45. The van der Waals surface area contributed by atoms with Crippen molar-refractivity contribution in [3.63, 3.8) is 0 Å². The summed E-state index contributed by atoms with van der Waals surface area (Å²) in [5.74, 6) is -0.138. The number of Topliss-reactive ketones (excluding diaryl/α,β-unsaturated/α-hetero) is 2. The van der Waals surface area contributed by atoms with E-state index >= 15 is 0 Å². The van der Waals surface area contributed by atoms with Crippen molar-refractivity contribution in [2.75, 3.05) is 0 Å². The molecule has 0 bridgehead atoms. The van der Waals surface area contributed by atoms with Crippen LogP contribution in [0.1, 0.15) is 61.3 Å². The van der Waals surface area contributed by atoms with Crippen LogP contribution >= 0.6 is 0 Å². The molecule has 1 heterocycles. The van der Waals surface area contributed by atoms with Gasteiger partial charge in [-0.05, 0) is 50.2 Å². The van der Waals surface area contributed by atoms with Crippen LogP contribution in [-0.4, -0.2) is 37.7 Å². The molecule has 3 aliphatic rings. The van der Waals surface area contributed by atoms with Crippen molar-refractivity contribution in [2.24, 2.45) is 16.7 Å². The number of ether oxygens (including phenoxy) is 1. The number of carbonyl (C=O) groups is 2. The fourth-order valence-electron chi connectivity index (χ4n) is 5.02. The Kier molecular flexibility index (Phi) is 3.89. The van der Waals surface area contributed by atoms with Gasteiger partial charge >= 0.3 is 0 Å². The highest BCUT2D eigenvalue weighted by Crippen LogP contribution is 2.62. The molecule has 0 amide bonds. The predicted octanol–water partition coefficient (Wildman–Crippen LogP) is 4.13. The van der Waals surface area contributed by atoms with E-state index in [1.807, 2.05) is 6.92 Å². The van der Waals surface area contributed by atoms with Crippen LogP contribution in [0.2, 0.25) is 18.1 Å². The number of hydrogen-bond donors (Lipinski definition) is 0. The van der Waals surface area contributed by atoms with Gasteiger partial charge in [-0.3, -0.25) is 9.59 Å². The number of fused-ring (bicyclic) bond motifs is 2. The highest BCUT2D eigenvalue weighted by molar-refractivity contribution is 6.74. The van der Waals surface area contributed by atoms with Crippen LogP contribution in [0.5, 0.6) is 0 Å². The summed E-state index contributed by atoms with van der Waals surface area (Å²) in [4.78, 5) is 26.6. The van der Waals surface area contributed by atoms with E-state index in [0.717, 1.165) is 12.8 Å². The van der Waals surface area contributed by atoms with E-state index in [1.54, 1.807) is 6.92 Å². The molecule has 0 radical (unpaired) electrons. The Labute approximate surface area is 153 Å². The maximum Gasteiger partial charge on any atom is 0.192 e. The summed E-state index contributed by atoms with van der Waals surface area (Å²) in [6, 6.07) is 0. The lowest BCUT2D eigenvalue weighted by Gasteiger charge is -2.56. The average Bonchev–Trinajstić information content (AvgIpc) is 3.12. The Bertz CT molecular complexity index is 632. The van der Waals surface area contributed by atoms with Crippen LogP contribution in [-0.2, 0) is 18.8 Å². The minimum Gasteiger partial charge on any atom is -0.413 e. The van der Waals surface area contributed by atoms with Crippen LogP contribution in [0.4, 0.5) is 0 Å². The van der Waals surface area contributed by atoms with Crippen LogP contribution in [0.15, 0.2) is 0 Å². The summed E-state index contributed by atoms with van der Waals surface area (Å²) in [6.07, 6.45) is 0.982. The van der Waals surface area contributed by atoms with Crippen molar-refractivity contribution in [2.45, 2.75) is 97.2 Å². The van der Waals surface area contributed by atoms with Crippen molar-refractivity contribution in [1.82, 2.24) is 0 Å². The number of carbonyl (C=O) groups excluding carboxylic acids is 2. The van der Waals surface area contributed by atoms with E-state index in [4.69, 9.17) is 9.16 Å². The van der Waals surface area contributed by atoms with Crippen LogP contribution in [0.25, 0.3) is 0 Å². The normalized spacial score (nSPS) is 43.5. The molecule has 142 valence electrons. The van der Waals surface area contributed by atoms with Crippen molar-refractivity contribution in [1.29, 1.82) is 0 Å². The van der Waals surface area contributed by atoms with E-state index < -0.39 is 25.4 Å². The van der Waals surface area contributed by atoms with Crippen molar-refractivity contribution < 1.29 is 18.8 Å². The predicted molar refractivity (Wildman–Crippen MR) is 100.0 cm³/mol. The van der Waals surface area contributed by atoms with Gasteiger partial charge in [0, 0.05) is 5.92 Å². The summed E-state index contributed by atoms with van der Waals surface area (Å²) in [5.41, 5.74) is -1.93. The third-order valence-electron chi connectivity index (χ3n) is 7.63. The molecule has 2 aliphatic carbocycles. The quantitative estimate of drug-likeness (QED) is 0.545. The Balaban J connectivity index is 2.05. The zero-order valence-electron chi connectivity index (χ0n) is 17.3. The van der Waals surface area contributed by atoms with E-state index in [9.17, 15) is 9.59 Å². The first kappa shape index (κ1) is 19.2. The van der Waals surface area contributed by atoms with E-state index in [2.05, 4.69) is 47.7 Å². The van der Waals surface area contributed by atoms with Gasteiger partial charge in [0.15, 0.2) is 31.6 Å². The molecule has 2 saturated carbocycles. The van der Waals surface area contributed by atoms with E-state index in [-0.39, 0.29) is 34.0 Å². The van der Waals surface area contributed by atoms with Crippen molar-refractivity contribution in [3.8, 4) is 0 Å². The Hall–Kier alpha value is -0.523. The average molecular weight is 367 g/mol. The maximum atomic E-state index is 13.5. The highest BCUT2D eigenvalue weighted by atomic mass is 28.4. The Morgan fingerprint density at radius 3 is 2.20 bits per heavy atom. The smallest absolute Gasteiger partial charge is 0.192 e. The molecule has 3 fully saturated rings. The summed E-state index contributed by atoms with van der Waals surface area (Å²) in [7, 11) is -2.05. The lowest BCUT2D eigenvalue weighted by atomic mass is 9.48. The number of epoxide rings is 1. The molecule has 3 rings (SSSR count). The molecular formula is C20H34O4Si. The minimum absolute atomic E-state index is 0.0655. The molecule has 4 nitrogen and oxygen atoms in total. The molecule has 0 aromatic carbocycles. The molecule has 5 atom stereocenters. The Morgan fingerprint density at radius 2 is 1.68 bits per heavy atom. The SMILES string of the molecule is CC1(C)CC[C@H](O[Si](C)(C)C(C)(C)C)[C@]2(C)C(=O)[C@@]3(C)O[C@H]3C(=O)[C@H]12. The van der Waals surface area contributed by atoms with Gasteiger partial charge in [-0.25, -0.2) is 0 Å². The molecule has 0 aromatic rings. The van der Waals surface area contributed by atoms with Gasteiger partial charge in [-0.2, -0.15) is 0 Å². The van der Waals surface area contributed by atoms with Gasteiger partial charge in [0.25, 0.3) is 0 Å². The summed E-state index contributed by atoms with van der Waals surface area (Å²) in [5, 5.41) is 0.0655. The Morgan fingerprint density at radius 1 is 1.12 bits per heavy atom. The number of ketones is 2. The maximum absolute atomic E-state index is 13.5. The second kappa shape index (κ2) is 5.05. The fraction of sp³-hybridized carbons (Fsp3) is 0.900. The van der Waals surface area contributed by atoms with Gasteiger partial charge in [0.1, 0.15) is 0 Å². The standard InChI is InChI=1S/C20H34O4Si/c1-17(2,3)25(8,9)24-12-10-11-18(4,5)14-13(21)15-20(7,23-15)16(22)19(12,14)6/h12,14-15H,10-11H2,1-9H3/t12-,14+,15-,19-,20-/m0/s1. The first-order chi connectivity index (χ1) is 11.1. The van der Waals surface area contributed by atoms with Gasteiger partial charge in [0.05, 0.1) is 11.5 Å². The lowest BCUT2D eigenvalue weighted by molar-refractivity contribution is -0.168. The lowest BCUT2D eigenvalue weighted by Crippen LogP contribution is -2.66. The molecule has 0 unspecified atom stereocenters. The second-order valence-electron chi connectivity index (χ2n) is 10.9. The molecule has 0 aromatic heterocycles. The first-order valence-electron chi connectivity index (χ1n) is 9.53. The molecule has 5 heteroatoms. The zero-order valence-corrected chi connectivity index (χ0v) is 18.3. The monoisotopic (exact) mass is 366 g/mol. The summed E-state index contributed by atoms with van der Waals surface area (Å²) in [6.45, 7) is 19.1. The van der Waals surface area contributed by atoms with Crippen molar-refractivity contribution in [3.05, 3.63) is 0 Å². The summed E-state index contributed by atoms with van der Waals surface area (Å²) < 4.78 is 12.4. The second-order valence-corrected chi connectivity index (χ2v) is 15.7. The zero-order chi connectivity index (χ0) is 19.2. The fourth-order valence-corrected chi connectivity index (χ4v) is 6.44. The van der Waals surface area contributed by atoms with Crippen LogP contribution < -0.4 is 0 Å². The largest absolute Gasteiger partial charge is 0.413 e. The van der Waals surface area contributed by atoms with Gasteiger partial charge in [-0.15, -0.1) is 0 Å². The molecule has 25 heavy (non-hydrogen) atoms. The number of hydrogen-bond acceptors (Lipinski definition) is 4. The topological polar surface area (TPSA) is 55.9 Å². The third-order valence-corrected chi connectivity index (χ3v) is 12.1. The highest BCUT2D eigenvalue weighted by Gasteiger charge is 2.77. The van der Waals surface area contributed by atoms with Crippen LogP contribution in [0, 0.1) is 16.7 Å². The summed E-state index contributed by atoms with van der Waals surface area (Å²) >= 11 is 0. The minimum atomic E-state index is -2.05. The van der Waals surface area contributed by atoms with Crippen LogP contribution in [0.3, 0.4) is 0 Å². The van der Waals surface area contributed by atoms with Gasteiger partial charge in [-0.1, -0.05) is 34.6 Å². The molecule has 0 spiro atoms.